The van der Waals surface area contributed by atoms with E-state index in [9.17, 15) is 0 Å². The molecule has 0 atom stereocenters. The highest BCUT2D eigenvalue weighted by atomic mass is 32.1. The molecule has 0 saturated heterocycles. The molecule has 0 fully saturated rings. The van der Waals surface area contributed by atoms with Crippen molar-refractivity contribution in [2.75, 3.05) is 0 Å². The van der Waals surface area contributed by atoms with Gasteiger partial charge in [0.2, 0.25) is 0 Å². The summed E-state index contributed by atoms with van der Waals surface area (Å²) in [5.74, 6) is 0. The Kier molecular flexibility index (Phi) is 4.03. The van der Waals surface area contributed by atoms with Gasteiger partial charge in [-0.1, -0.05) is 57.5 Å². The van der Waals surface area contributed by atoms with Gasteiger partial charge >= 0.3 is 0 Å². The van der Waals surface area contributed by atoms with Crippen LogP contribution in [0.15, 0.2) is 41.9 Å². The molecule has 4 rings (SSSR count). The number of nitrogens with zero attached hydrogens (tertiary/aromatic N) is 2. The fourth-order valence-corrected chi connectivity index (χ4v) is 4.58. The number of benzene rings is 1. The summed E-state index contributed by atoms with van der Waals surface area (Å²) >= 11 is 1.75. The van der Waals surface area contributed by atoms with E-state index >= 15 is 0 Å². The molecular weight excluding hydrogens is 336 g/mol. The summed E-state index contributed by atoms with van der Waals surface area (Å²) in [4.78, 5) is 11.2. The second-order valence-corrected chi connectivity index (χ2v) is 9.70. The van der Waals surface area contributed by atoms with Crippen LogP contribution < -0.4 is 0 Å². The highest BCUT2D eigenvalue weighted by Gasteiger charge is 2.39. The van der Waals surface area contributed by atoms with Crippen LogP contribution in [0.5, 0.6) is 0 Å². The Morgan fingerprint density at radius 3 is 2.23 bits per heavy atom. The van der Waals surface area contributed by atoms with Gasteiger partial charge in [0.25, 0.3) is 0 Å². The van der Waals surface area contributed by atoms with E-state index in [4.69, 9.17) is 9.97 Å². The maximum atomic E-state index is 5.10. The second-order valence-electron chi connectivity index (χ2n) is 8.79. The lowest BCUT2D eigenvalue weighted by molar-refractivity contribution is 0.314. The Bertz CT molecular complexity index is 949. The summed E-state index contributed by atoms with van der Waals surface area (Å²) < 4.78 is 0. The molecule has 0 radical (unpaired) electrons. The molecule has 1 aliphatic carbocycles. The van der Waals surface area contributed by atoms with Crippen molar-refractivity contribution in [3.05, 3.63) is 58.9 Å². The topological polar surface area (TPSA) is 25.8 Å². The normalized spacial score (nSPS) is 17.7. The third kappa shape index (κ3) is 2.99. The van der Waals surface area contributed by atoms with Crippen molar-refractivity contribution in [3.63, 3.8) is 0 Å². The summed E-state index contributed by atoms with van der Waals surface area (Å²) in [5.41, 5.74) is 7.34. The summed E-state index contributed by atoms with van der Waals surface area (Å²) in [6.07, 6.45) is 4.29. The maximum Gasteiger partial charge on any atom is 0.0988 e. The molecule has 0 saturated carbocycles. The van der Waals surface area contributed by atoms with E-state index in [1.807, 2.05) is 6.20 Å². The van der Waals surface area contributed by atoms with Crippen LogP contribution in [0.1, 0.15) is 57.5 Å². The molecular formula is C23H26N2S. The first-order valence-corrected chi connectivity index (χ1v) is 10.2. The Morgan fingerprint density at radius 2 is 1.54 bits per heavy atom. The molecule has 3 heteroatoms. The minimum absolute atomic E-state index is 0.0882. The maximum absolute atomic E-state index is 5.10. The highest BCUT2D eigenvalue weighted by Crippen LogP contribution is 2.44. The molecule has 2 heterocycles. The summed E-state index contributed by atoms with van der Waals surface area (Å²) in [6, 6.07) is 10.9. The van der Waals surface area contributed by atoms with Crippen LogP contribution in [0.25, 0.3) is 21.7 Å². The number of fused-ring (bicyclic) bond motifs is 1. The molecule has 0 spiro atoms. The SMILES string of the molecule is Cc1ccc(-c2csc(-c3cnc4c(n3)C(C)(C)CCC4(C)C)c2)cc1. The van der Waals surface area contributed by atoms with Crippen molar-refractivity contribution < 1.29 is 0 Å². The smallest absolute Gasteiger partial charge is 0.0988 e. The molecule has 3 aromatic rings. The molecule has 0 aliphatic heterocycles. The van der Waals surface area contributed by atoms with E-state index in [-0.39, 0.29) is 10.8 Å². The minimum atomic E-state index is 0.0882. The Hall–Kier alpha value is -2.00. The van der Waals surface area contributed by atoms with Gasteiger partial charge in [-0.2, -0.15) is 0 Å². The van der Waals surface area contributed by atoms with Gasteiger partial charge in [-0.25, -0.2) is 4.98 Å². The predicted octanol–water partition coefficient (Wildman–Crippen LogP) is 6.53. The van der Waals surface area contributed by atoms with E-state index < -0.39 is 0 Å². The molecule has 0 amide bonds. The van der Waals surface area contributed by atoms with Crippen molar-refractivity contribution in [1.82, 2.24) is 9.97 Å². The number of aromatic nitrogens is 2. The van der Waals surface area contributed by atoms with Gasteiger partial charge in [0, 0.05) is 10.8 Å². The first-order valence-electron chi connectivity index (χ1n) is 9.30. The van der Waals surface area contributed by atoms with Gasteiger partial charge in [-0.3, -0.25) is 4.98 Å². The summed E-state index contributed by atoms with van der Waals surface area (Å²) in [6.45, 7) is 11.3. The molecule has 0 unspecified atom stereocenters. The third-order valence-electron chi connectivity index (χ3n) is 5.67. The zero-order valence-electron chi connectivity index (χ0n) is 16.3. The zero-order chi connectivity index (χ0) is 18.5. The molecule has 134 valence electrons. The lowest BCUT2D eigenvalue weighted by Crippen LogP contribution is -2.36. The van der Waals surface area contributed by atoms with Crippen LogP contribution in [0.3, 0.4) is 0 Å². The standard InChI is InChI=1S/C23H26N2S/c1-15-6-8-16(9-7-15)17-12-19(26-14-17)18-13-24-20-21(25-18)23(4,5)11-10-22(20,2)3/h6-9,12-14H,10-11H2,1-5H3. The Morgan fingerprint density at radius 1 is 0.885 bits per heavy atom. The van der Waals surface area contributed by atoms with E-state index in [0.717, 1.165) is 18.5 Å². The van der Waals surface area contributed by atoms with E-state index in [0.29, 0.717) is 0 Å². The van der Waals surface area contributed by atoms with Gasteiger partial charge in [-0.15, -0.1) is 11.3 Å². The zero-order valence-corrected chi connectivity index (χ0v) is 17.1. The number of hydrogen-bond donors (Lipinski definition) is 0. The van der Waals surface area contributed by atoms with Crippen molar-refractivity contribution >= 4 is 11.3 Å². The quantitative estimate of drug-likeness (QED) is 0.518. The lowest BCUT2D eigenvalue weighted by Gasteiger charge is -2.39. The second kappa shape index (κ2) is 6.02. The fourth-order valence-electron chi connectivity index (χ4n) is 3.70. The van der Waals surface area contributed by atoms with Crippen molar-refractivity contribution in [3.8, 4) is 21.7 Å². The Labute approximate surface area is 160 Å². The molecule has 1 aromatic carbocycles. The van der Waals surface area contributed by atoms with E-state index in [1.54, 1.807) is 11.3 Å². The molecule has 1 aliphatic rings. The molecule has 0 N–H and O–H groups in total. The number of rotatable bonds is 2. The largest absolute Gasteiger partial charge is 0.256 e. The molecule has 2 aromatic heterocycles. The van der Waals surface area contributed by atoms with Crippen LogP contribution in [-0.4, -0.2) is 9.97 Å². The average molecular weight is 363 g/mol. The average Bonchev–Trinajstić information content (AvgIpc) is 3.09. The van der Waals surface area contributed by atoms with Crippen LogP contribution >= 0.6 is 11.3 Å². The van der Waals surface area contributed by atoms with Gasteiger partial charge in [0.15, 0.2) is 0 Å². The molecule has 26 heavy (non-hydrogen) atoms. The van der Waals surface area contributed by atoms with Crippen LogP contribution in [0.2, 0.25) is 0 Å². The first-order chi connectivity index (χ1) is 12.3. The first kappa shape index (κ1) is 17.4. The highest BCUT2D eigenvalue weighted by molar-refractivity contribution is 7.14. The van der Waals surface area contributed by atoms with Crippen LogP contribution in [0, 0.1) is 6.92 Å². The van der Waals surface area contributed by atoms with Crippen LogP contribution in [-0.2, 0) is 10.8 Å². The summed E-state index contributed by atoms with van der Waals surface area (Å²) in [7, 11) is 0. The number of hydrogen-bond acceptors (Lipinski definition) is 3. The van der Waals surface area contributed by atoms with Gasteiger partial charge in [-0.05, 0) is 42.3 Å². The summed E-state index contributed by atoms with van der Waals surface area (Å²) in [5, 5.41) is 2.22. The molecule has 0 bridgehead atoms. The number of aryl methyl sites for hydroxylation is 1. The monoisotopic (exact) mass is 362 g/mol. The van der Waals surface area contributed by atoms with Crippen molar-refractivity contribution in [2.45, 2.75) is 58.3 Å². The Balaban J connectivity index is 1.75. The van der Waals surface area contributed by atoms with Crippen LogP contribution in [0.4, 0.5) is 0 Å². The van der Waals surface area contributed by atoms with Gasteiger partial charge < -0.3 is 0 Å². The van der Waals surface area contributed by atoms with E-state index in [1.165, 1.54) is 33.0 Å². The minimum Gasteiger partial charge on any atom is -0.256 e. The van der Waals surface area contributed by atoms with Crippen molar-refractivity contribution in [2.24, 2.45) is 0 Å². The van der Waals surface area contributed by atoms with E-state index in [2.05, 4.69) is 70.3 Å². The lowest BCUT2D eigenvalue weighted by atomic mass is 9.67. The third-order valence-corrected chi connectivity index (χ3v) is 6.62. The molecule has 2 nitrogen and oxygen atoms in total. The van der Waals surface area contributed by atoms with Gasteiger partial charge in [0.1, 0.15) is 0 Å². The van der Waals surface area contributed by atoms with Gasteiger partial charge in [0.05, 0.1) is 28.2 Å². The number of thiophene rings is 1. The van der Waals surface area contributed by atoms with Crippen molar-refractivity contribution in [1.29, 1.82) is 0 Å². The predicted molar refractivity (Wildman–Crippen MR) is 111 cm³/mol. The fraction of sp³-hybridized carbons (Fsp3) is 0.391.